The number of nitrogens with two attached hydrogens (primary N) is 1. The van der Waals surface area contributed by atoms with Crippen LogP contribution in [0.2, 0.25) is 0 Å². The summed E-state index contributed by atoms with van der Waals surface area (Å²) in [5.41, 5.74) is 5.54. The van der Waals surface area contributed by atoms with Gasteiger partial charge in [-0.25, -0.2) is 0 Å². The van der Waals surface area contributed by atoms with Gasteiger partial charge in [0.1, 0.15) is 0 Å². The lowest BCUT2D eigenvalue weighted by Crippen LogP contribution is -2.30. The minimum Gasteiger partial charge on any atom is -0.346 e. The second-order valence-electron chi connectivity index (χ2n) is 2.93. The summed E-state index contributed by atoms with van der Waals surface area (Å²) in [4.78, 5) is 12.7. The van der Waals surface area contributed by atoms with Crippen LogP contribution in [-0.4, -0.2) is 30.4 Å². The standard InChI is InChI=1S/C8H18N2O/c1-4-8(11)10(3)6-5-7(2)9/h7H,4-6,9H2,1-3H3. The van der Waals surface area contributed by atoms with Gasteiger partial charge in [0.05, 0.1) is 0 Å². The number of nitrogens with zero attached hydrogens (tertiary/aromatic N) is 1. The first-order valence-electron chi connectivity index (χ1n) is 4.07. The van der Waals surface area contributed by atoms with Crippen molar-refractivity contribution in [2.24, 2.45) is 5.73 Å². The first-order chi connectivity index (χ1) is 5.07. The Bertz CT molecular complexity index is 123. The maximum atomic E-state index is 11.0. The first kappa shape index (κ1) is 10.4. The highest BCUT2D eigenvalue weighted by Crippen LogP contribution is 1.93. The summed E-state index contributed by atoms with van der Waals surface area (Å²) in [5.74, 6) is 0.186. The fourth-order valence-electron chi connectivity index (χ4n) is 0.792. The van der Waals surface area contributed by atoms with Crippen LogP contribution in [0.25, 0.3) is 0 Å². The van der Waals surface area contributed by atoms with Crippen molar-refractivity contribution in [2.75, 3.05) is 13.6 Å². The number of amides is 1. The van der Waals surface area contributed by atoms with E-state index in [1.54, 1.807) is 4.90 Å². The summed E-state index contributed by atoms with van der Waals surface area (Å²) in [5, 5.41) is 0. The third-order valence-corrected chi connectivity index (χ3v) is 1.65. The normalized spacial score (nSPS) is 12.7. The van der Waals surface area contributed by atoms with Crippen LogP contribution in [0.3, 0.4) is 0 Å². The molecular formula is C8H18N2O. The molecule has 0 bridgehead atoms. The van der Waals surface area contributed by atoms with Crippen molar-refractivity contribution in [2.45, 2.75) is 32.7 Å². The molecule has 3 nitrogen and oxygen atoms in total. The molecule has 0 aliphatic carbocycles. The van der Waals surface area contributed by atoms with Crippen LogP contribution < -0.4 is 5.73 Å². The zero-order valence-electron chi connectivity index (χ0n) is 7.63. The van der Waals surface area contributed by atoms with Crippen molar-refractivity contribution in [1.82, 2.24) is 4.90 Å². The molecule has 0 fully saturated rings. The van der Waals surface area contributed by atoms with Gasteiger partial charge in [0, 0.05) is 26.1 Å². The molecule has 0 aliphatic heterocycles. The molecule has 1 amide bonds. The van der Waals surface area contributed by atoms with Gasteiger partial charge < -0.3 is 10.6 Å². The van der Waals surface area contributed by atoms with Crippen LogP contribution in [0.4, 0.5) is 0 Å². The molecule has 1 atom stereocenters. The average molecular weight is 158 g/mol. The van der Waals surface area contributed by atoms with E-state index >= 15 is 0 Å². The van der Waals surface area contributed by atoms with Gasteiger partial charge in [-0.3, -0.25) is 4.79 Å². The predicted molar refractivity (Wildman–Crippen MR) is 46.2 cm³/mol. The summed E-state index contributed by atoms with van der Waals surface area (Å²) in [6.45, 7) is 4.58. The largest absolute Gasteiger partial charge is 0.346 e. The third-order valence-electron chi connectivity index (χ3n) is 1.65. The van der Waals surface area contributed by atoms with E-state index in [1.807, 2.05) is 20.9 Å². The first-order valence-corrected chi connectivity index (χ1v) is 4.07. The van der Waals surface area contributed by atoms with Crippen molar-refractivity contribution >= 4 is 5.91 Å². The van der Waals surface area contributed by atoms with E-state index in [0.29, 0.717) is 6.42 Å². The minimum absolute atomic E-state index is 0.183. The molecule has 3 heteroatoms. The minimum atomic E-state index is 0.183. The van der Waals surface area contributed by atoms with E-state index in [0.717, 1.165) is 13.0 Å². The SMILES string of the molecule is CCC(=O)N(C)CCC(C)N. The van der Waals surface area contributed by atoms with E-state index in [-0.39, 0.29) is 11.9 Å². The molecule has 66 valence electrons. The molecule has 11 heavy (non-hydrogen) atoms. The number of hydrogen-bond acceptors (Lipinski definition) is 2. The fourth-order valence-corrected chi connectivity index (χ4v) is 0.792. The molecule has 0 aliphatic rings. The smallest absolute Gasteiger partial charge is 0.222 e. The molecule has 0 spiro atoms. The van der Waals surface area contributed by atoms with Gasteiger partial charge in [0.2, 0.25) is 5.91 Å². The van der Waals surface area contributed by atoms with Gasteiger partial charge in [-0.2, -0.15) is 0 Å². The predicted octanol–water partition coefficient (Wildman–Crippen LogP) is 0.592. The number of hydrogen-bond donors (Lipinski definition) is 1. The summed E-state index contributed by atoms with van der Waals surface area (Å²) >= 11 is 0. The summed E-state index contributed by atoms with van der Waals surface area (Å²) < 4.78 is 0. The Labute approximate surface area is 68.6 Å². The van der Waals surface area contributed by atoms with E-state index < -0.39 is 0 Å². The van der Waals surface area contributed by atoms with Gasteiger partial charge in [0.25, 0.3) is 0 Å². The highest BCUT2D eigenvalue weighted by molar-refractivity contribution is 5.75. The zero-order chi connectivity index (χ0) is 8.85. The van der Waals surface area contributed by atoms with Gasteiger partial charge >= 0.3 is 0 Å². The quantitative estimate of drug-likeness (QED) is 0.651. The third kappa shape index (κ3) is 4.79. The van der Waals surface area contributed by atoms with Crippen molar-refractivity contribution in [3.63, 3.8) is 0 Å². The number of carbonyl (C=O) groups excluding carboxylic acids is 1. The maximum Gasteiger partial charge on any atom is 0.222 e. The van der Waals surface area contributed by atoms with Crippen LogP contribution >= 0.6 is 0 Å². The highest BCUT2D eigenvalue weighted by atomic mass is 16.2. The van der Waals surface area contributed by atoms with E-state index in [1.165, 1.54) is 0 Å². The fraction of sp³-hybridized carbons (Fsp3) is 0.875. The molecule has 1 unspecified atom stereocenters. The van der Waals surface area contributed by atoms with Crippen molar-refractivity contribution in [1.29, 1.82) is 0 Å². The maximum absolute atomic E-state index is 11.0. The van der Waals surface area contributed by atoms with Crippen LogP contribution in [0.15, 0.2) is 0 Å². The Morgan fingerprint density at radius 2 is 2.18 bits per heavy atom. The molecule has 0 rings (SSSR count). The summed E-state index contributed by atoms with van der Waals surface area (Å²) in [7, 11) is 1.81. The number of rotatable bonds is 4. The number of carbonyl (C=O) groups is 1. The van der Waals surface area contributed by atoms with Gasteiger partial charge in [-0.1, -0.05) is 6.92 Å². The molecule has 0 aromatic heterocycles. The molecule has 0 radical (unpaired) electrons. The lowest BCUT2D eigenvalue weighted by atomic mass is 10.2. The van der Waals surface area contributed by atoms with Gasteiger partial charge in [-0.05, 0) is 13.3 Å². The Kier molecular flexibility index (Phi) is 4.86. The molecule has 0 aromatic rings. The summed E-state index contributed by atoms with van der Waals surface area (Å²) in [6, 6.07) is 0.183. The molecule has 0 aromatic carbocycles. The van der Waals surface area contributed by atoms with Crippen LogP contribution in [0.1, 0.15) is 26.7 Å². The monoisotopic (exact) mass is 158 g/mol. The van der Waals surface area contributed by atoms with Crippen molar-refractivity contribution in [3.8, 4) is 0 Å². The van der Waals surface area contributed by atoms with E-state index in [4.69, 9.17) is 5.73 Å². The van der Waals surface area contributed by atoms with Crippen LogP contribution in [0, 0.1) is 0 Å². The molecular weight excluding hydrogens is 140 g/mol. The Balaban J connectivity index is 3.52. The lowest BCUT2D eigenvalue weighted by molar-refractivity contribution is -0.129. The Morgan fingerprint density at radius 1 is 1.64 bits per heavy atom. The lowest BCUT2D eigenvalue weighted by Gasteiger charge is -2.17. The summed E-state index contributed by atoms with van der Waals surface area (Å²) in [6.07, 6.45) is 1.46. The van der Waals surface area contributed by atoms with E-state index in [9.17, 15) is 4.79 Å². The van der Waals surface area contributed by atoms with Gasteiger partial charge in [0.15, 0.2) is 0 Å². The zero-order valence-corrected chi connectivity index (χ0v) is 7.63. The van der Waals surface area contributed by atoms with Gasteiger partial charge in [-0.15, -0.1) is 0 Å². The van der Waals surface area contributed by atoms with E-state index in [2.05, 4.69) is 0 Å². The van der Waals surface area contributed by atoms with Crippen molar-refractivity contribution < 1.29 is 4.79 Å². The van der Waals surface area contributed by atoms with Crippen LogP contribution in [-0.2, 0) is 4.79 Å². The Hall–Kier alpha value is -0.570. The Morgan fingerprint density at radius 3 is 2.55 bits per heavy atom. The molecule has 2 N–H and O–H groups in total. The van der Waals surface area contributed by atoms with Crippen LogP contribution in [0.5, 0.6) is 0 Å². The highest BCUT2D eigenvalue weighted by Gasteiger charge is 2.05. The molecule has 0 heterocycles. The topological polar surface area (TPSA) is 46.3 Å². The second kappa shape index (κ2) is 5.13. The molecule has 0 saturated heterocycles. The second-order valence-corrected chi connectivity index (χ2v) is 2.93. The van der Waals surface area contributed by atoms with Crippen molar-refractivity contribution in [3.05, 3.63) is 0 Å². The average Bonchev–Trinajstić information content (AvgIpc) is 1.98. The molecule has 0 saturated carbocycles.